The van der Waals surface area contributed by atoms with Crippen molar-refractivity contribution >= 4 is 11.8 Å². The average molecular weight is 282 g/mol. The van der Waals surface area contributed by atoms with Crippen LogP contribution in [0.4, 0.5) is 0 Å². The molecule has 2 aliphatic rings. The van der Waals surface area contributed by atoms with Crippen LogP contribution in [0.3, 0.4) is 0 Å². The van der Waals surface area contributed by atoms with Crippen molar-refractivity contribution in [1.29, 1.82) is 0 Å². The van der Waals surface area contributed by atoms with Gasteiger partial charge in [0.05, 0.1) is 13.1 Å². The molecule has 6 nitrogen and oxygen atoms in total. The standard InChI is InChI=1S/C14H26N4O2/c15-13(19)9-18(12-5-7-16-8-6-12)10-14(20)17-11-3-1-2-4-11/h11-12,16H,1-10H2,(H2,15,19)(H,17,20). The zero-order valence-electron chi connectivity index (χ0n) is 12.1. The summed E-state index contributed by atoms with van der Waals surface area (Å²) in [5.74, 6) is -0.339. The highest BCUT2D eigenvalue weighted by molar-refractivity contribution is 5.80. The number of carbonyl (C=O) groups is 2. The fourth-order valence-electron chi connectivity index (χ4n) is 3.21. The van der Waals surface area contributed by atoms with E-state index < -0.39 is 0 Å². The Balaban J connectivity index is 1.84. The predicted molar refractivity (Wildman–Crippen MR) is 77.1 cm³/mol. The van der Waals surface area contributed by atoms with E-state index in [1.165, 1.54) is 12.8 Å². The fraction of sp³-hybridized carbons (Fsp3) is 0.857. The zero-order chi connectivity index (χ0) is 14.4. The van der Waals surface area contributed by atoms with Gasteiger partial charge >= 0.3 is 0 Å². The molecule has 1 saturated heterocycles. The summed E-state index contributed by atoms with van der Waals surface area (Å²) >= 11 is 0. The molecule has 0 unspecified atom stereocenters. The Kier molecular flexibility index (Phi) is 5.79. The first-order valence-corrected chi connectivity index (χ1v) is 7.67. The first-order chi connectivity index (χ1) is 9.65. The Morgan fingerprint density at radius 3 is 2.35 bits per heavy atom. The van der Waals surface area contributed by atoms with E-state index >= 15 is 0 Å². The summed E-state index contributed by atoms with van der Waals surface area (Å²) in [6, 6.07) is 0.601. The van der Waals surface area contributed by atoms with Crippen LogP contribution in [0.15, 0.2) is 0 Å². The minimum atomic E-state index is -0.364. The minimum absolute atomic E-state index is 0.0247. The predicted octanol–water partition coefficient (Wildman–Crippen LogP) is -0.415. The third-order valence-electron chi connectivity index (χ3n) is 4.25. The van der Waals surface area contributed by atoms with Crippen LogP contribution in [-0.4, -0.2) is 55.0 Å². The Morgan fingerprint density at radius 2 is 1.75 bits per heavy atom. The highest BCUT2D eigenvalue weighted by Gasteiger charge is 2.25. The second-order valence-corrected chi connectivity index (χ2v) is 5.90. The number of rotatable bonds is 6. The highest BCUT2D eigenvalue weighted by atomic mass is 16.2. The molecule has 20 heavy (non-hydrogen) atoms. The summed E-state index contributed by atoms with van der Waals surface area (Å²) < 4.78 is 0. The summed E-state index contributed by atoms with van der Waals surface area (Å²) in [7, 11) is 0. The molecule has 1 aliphatic carbocycles. The molecule has 2 rings (SSSR count). The Labute approximate surface area is 120 Å². The first kappa shape index (κ1) is 15.3. The van der Waals surface area contributed by atoms with Crippen molar-refractivity contribution in [2.45, 2.75) is 50.6 Å². The molecule has 6 heteroatoms. The summed E-state index contributed by atoms with van der Waals surface area (Å²) in [5.41, 5.74) is 5.31. The van der Waals surface area contributed by atoms with Crippen molar-refractivity contribution in [3.63, 3.8) is 0 Å². The molecular weight excluding hydrogens is 256 g/mol. The monoisotopic (exact) mass is 282 g/mol. The molecule has 1 aliphatic heterocycles. The van der Waals surface area contributed by atoms with Crippen LogP contribution >= 0.6 is 0 Å². The van der Waals surface area contributed by atoms with Crippen molar-refractivity contribution in [3.05, 3.63) is 0 Å². The third kappa shape index (κ3) is 4.76. The van der Waals surface area contributed by atoms with Crippen LogP contribution in [-0.2, 0) is 9.59 Å². The van der Waals surface area contributed by atoms with E-state index in [0.29, 0.717) is 6.04 Å². The van der Waals surface area contributed by atoms with Crippen molar-refractivity contribution in [2.24, 2.45) is 5.73 Å². The Hall–Kier alpha value is -1.14. The van der Waals surface area contributed by atoms with Gasteiger partial charge in [-0.25, -0.2) is 0 Å². The minimum Gasteiger partial charge on any atom is -0.369 e. The van der Waals surface area contributed by atoms with Crippen LogP contribution in [0.1, 0.15) is 38.5 Å². The van der Waals surface area contributed by atoms with E-state index in [1.807, 2.05) is 4.90 Å². The van der Waals surface area contributed by atoms with E-state index in [0.717, 1.165) is 38.8 Å². The highest BCUT2D eigenvalue weighted by Crippen LogP contribution is 2.17. The quantitative estimate of drug-likeness (QED) is 0.618. The van der Waals surface area contributed by atoms with Crippen molar-refractivity contribution < 1.29 is 9.59 Å². The lowest BCUT2D eigenvalue weighted by Crippen LogP contribution is -2.51. The lowest BCUT2D eigenvalue weighted by atomic mass is 10.0. The maximum atomic E-state index is 12.1. The molecule has 0 spiro atoms. The average Bonchev–Trinajstić information content (AvgIpc) is 2.91. The number of amides is 2. The normalized spacial score (nSPS) is 21.2. The van der Waals surface area contributed by atoms with E-state index in [-0.39, 0.29) is 30.9 Å². The first-order valence-electron chi connectivity index (χ1n) is 7.67. The molecule has 2 amide bonds. The number of piperidine rings is 1. The van der Waals surface area contributed by atoms with Crippen LogP contribution < -0.4 is 16.4 Å². The molecule has 0 aromatic carbocycles. The molecule has 1 saturated carbocycles. The van der Waals surface area contributed by atoms with Gasteiger partial charge in [0.15, 0.2) is 0 Å². The second-order valence-electron chi connectivity index (χ2n) is 5.90. The van der Waals surface area contributed by atoms with Crippen LogP contribution in [0.2, 0.25) is 0 Å². The van der Waals surface area contributed by atoms with Crippen LogP contribution in [0, 0.1) is 0 Å². The number of nitrogens with one attached hydrogen (secondary N) is 2. The van der Waals surface area contributed by atoms with Gasteiger partial charge in [-0.3, -0.25) is 14.5 Å². The summed E-state index contributed by atoms with van der Waals surface area (Å²) in [5, 5.41) is 6.36. The number of hydrogen-bond acceptors (Lipinski definition) is 4. The van der Waals surface area contributed by atoms with Gasteiger partial charge in [0, 0.05) is 12.1 Å². The smallest absolute Gasteiger partial charge is 0.234 e. The van der Waals surface area contributed by atoms with Crippen molar-refractivity contribution in [3.8, 4) is 0 Å². The van der Waals surface area contributed by atoms with E-state index in [1.54, 1.807) is 0 Å². The maximum Gasteiger partial charge on any atom is 0.234 e. The molecule has 0 bridgehead atoms. The van der Waals surface area contributed by atoms with Crippen LogP contribution in [0.5, 0.6) is 0 Å². The van der Waals surface area contributed by atoms with E-state index in [2.05, 4.69) is 10.6 Å². The molecule has 2 fully saturated rings. The van der Waals surface area contributed by atoms with E-state index in [9.17, 15) is 9.59 Å². The Bertz CT molecular complexity index is 336. The molecular formula is C14H26N4O2. The Morgan fingerprint density at radius 1 is 1.10 bits per heavy atom. The topological polar surface area (TPSA) is 87.5 Å². The maximum absolute atomic E-state index is 12.1. The van der Waals surface area contributed by atoms with Crippen molar-refractivity contribution in [2.75, 3.05) is 26.2 Å². The summed E-state index contributed by atoms with van der Waals surface area (Å²) in [6.45, 7) is 2.32. The molecule has 0 radical (unpaired) electrons. The van der Waals surface area contributed by atoms with Crippen molar-refractivity contribution in [1.82, 2.24) is 15.5 Å². The largest absolute Gasteiger partial charge is 0.369 e. The van der Waals surface area contributed by atoms with Gasteiger partial charge in [0.2, 0.25) is 11.8 Å². The second kappa shape index (κ2) is 7.59. The lowest BCUT2D eigenvalue weighted by molar-refractivity contribution is -0.125. The van der Waals surface area contributed by atoms with Gasteiger partial charge in [-0.05, 0) is 38.8 Å². The van der Waals surface area contributed by atoms with Gasteiger partial charge in [-0.1, -0.05) is 12.8 Å². The number of hydrogen-bond donors (Lipinski definition) is 3. The van der Waals surface area contributed by atoms with Gasteiger partial charge in [0.1, 0.15) is 0 Å². The molecule has 0 aromatic heterocycles. The SMILES string of the molecule is NC(=O)CN(CC(=O)NC1CCCC1)C1CCNCC1. The van der Waals surface area contributed by atoms with Gasteiger partial charge < -0.3 is 16.4 Å². The molecule has 114 valence electrons. The number of carbonyl (C=O) groups excluding carboxylic acids is 2. The molecule has 4 N–H and O–H groups in total. The molecule has 0 atom stereocenters. The van der Waals surface area contributed by atoms with Gasteiger partial charge in [0.25, 0.3) is 0 Å². The zero-order valence-corrected chi connectivity index (χ0v) is 12.1. The molecule has 1 heterocycles. The lowest BCUT2D eigenvalue weighted by Gasteiger charge is -2.33. The number of primary amides is 1. The van der Waals surface area contributed by atoms with Gasteiger partial charge in [-0.15, -0.1) is 0 Å². The summed E-state index contributed by atoms with van der Waals surface area (Å²) in [6.07, 6.45) is 6.48. The third-order valence-corrected chi connectivity index (χ3v) is 4.25. The number of nitrogens with two attached hydrogens (primary N) is 1. The fourth-order valence-corrected chi connectivity index (χ4v) is 3.21. The number of nitrogens with zero attached hydrogens (tertiary/aromatic N) is 1. The van der Waals surface area contributed by atoms with E-state index in [4.69, 9.17) is 5.73 Å². The van der Waals surface area contributed by atoms with Crippen LogP contribution in [0.25, 0.3) is 0 Å². The van der Waals surface area contributed by atoms with Gasteiger partial charge in [-0.2, -0.15) is 0 Å². The molecule has 0 aromatic rings. The summed E-state index contributed by atoms with van der Waals surface area (Å²) in [4.78, 5) is 25.3.